The molecule has 1 N–H and O–H groups in total. The number of benzene rings is 3. The van der Waals surface area contributed by atoms with E-state index in [1.807, 2.05) is 0 Å². The molecule has 0 spiro atoms. The fourth-order valence-electron chi connectivity index (χ4n) is 3.63. The number of hydrogen-bond acceptors (Lipinski definition) is 5. The fourth-order valence-corrected chi connectivity index (χ4v) is 5.52. The Morgan fingerprint density at radius 3 is 2.31 bits per heavy atom. The van der Waals surface area contributed by atoms with E-state index in [1.165, 1.54) is 67.8 Å². The molecule has 0 fully saturated rings. The monoisotopic (exact) mass is 473 g/mol. The lowest BCUT2D eigenvalue weighted by Gasteiger charge is -2.27. The van der Waals surface area contributed by atoms with Gasteiger partial charge in [-0.25, -0.2) is 12.8 Å². The van der Waals surface area contributed by atoms with Gasteiger partial charge in [0.2, 0.25) is 9.84 Å². The third kappa shape index (κ3) is 3.51. The molecule has 0 saturated carbocycles. The van der Waals surface area contributed by atoms with Crippen LogP contribution in [0.25, 0.3) is 0 Å². The van der Waals surface area contributed by atoms with Gasteiger partial charge in [-0.15, -0.1) is 0 Å². The maximum atomic E-state index is 14.9. The van der Waals surface area contributed by atoms with Gasteiger partial charge in [-0.05, 0) is 36.4 Å². The molecule has 0 saturated heterocycles. The van der Waals surface area contributed by atoms with Crippen LogP contribution < -0.4 is 9.64 Å². The summed E-state index contributed by atoms with van der Waals surface area (Å²) in [5.74, 6) is -2.37. The van der Waals surface area contributed by atoms with Gasteiger partial charge in [-0.2, -0.15) is 0 Å². The number of anilines is 1. The second-order valence-electron chi connectivity index (χ2n) is 6.95. The maximum absolute atomic E-state index is 14.9. The first-order chi connectivity index (χ1) is 15.3. The van der Waals surface area contributed by atoms with Crippen LogP contribution in [-0.4, -0.2) is 26.5 Å². The smallest absolute Gasteiger partial charge is 0.295 e. The molecule has 4 rings (SSSR count). The molecule has 1 aliphatic rings. The Bertz CT molecular complexity index is 1340. The van der Waals surface area contributed by atoms with Crippen molar-refractivity contribution in [1.29, 1.82) is 0 Å². The van der Waals surface area contributed by atoms with E-state index in [2.05, 4.69) is 0 Å². The maximum Gasteiger partial charge on any atom is 0.295 e. The third-order valence-electron chi connectivity index (χ3n) is 5.12. The van der Waals surface area contributed by atoms with Crippen LogP contribution in [0.2, 0.25) is 5.02 Å². The summed E-state index contributed by atoms with van der Waals surface area (Å²) in [5, 5.41) is 10.9. The second-order valence-corrected chi connectivity index (χ2v) is 9.27. The molecule has 0 unspecified atom stereocenters. The molecule has 9 heteroatoms. The summed E-state index contributed by atoms with van der Waals surface area (Å²) in [6, 6.07) is 15.7. The SMILES string of the molecule is COc1ccc(N2C(=O)C(O)=C(S(=O)(=O)c3ccccc3)[C@@H]2c2ccccc2F)cc1Cl. The first-order valence-electron chi connectivity index (χ1n) is 9.42. The molecular formula is C23H17ClFNO5S. The highest BCUT2D eigenvalue weighted by Crippen LogP contribution is 2.46. The number of carbonyl (C=O) groups is 1. The highest BCUT2D eigenvalue weighted by molar-refractivity contribution is 7.95. The van der Waals surface area contributed by atoms with E-state index >= 15 is 0 Å². The van der Waals surface area contributed by atoms with Crippen LogP contribution in [0.1, 0.15) is 11.6 Å². The summed E-state index contributed by atoms with van der Waals surface area (Å²) in [6.07, 6.45) is 0. The Morgan fingerprint density at radius 2 is 1.69 bits per heavy atom. The van der Waals surface area contributed by atoms with Crippen molar-refractivity contribution in [2.75, 3.05) is 12.0 Å². The van der Waals surface area contributed by atoms with Crippen molar-refractivity contribution in [1.82, 2.24) is 0 Å². The Kier molecular flexibility index (Phi) is 5.66. The van der Waals surface area contributed by atoms with E-state index in [4.69, 9.17) is 16.3 Å². The van der Waals surface area contributed by atoms with Gasteiger partial charge in [-0.1, -0.05) is 48.0 Å². The number of hydrogen-bond donors (Lipinski definition) is 1. The molecule has 3 aromatic carbocycles. The quantitative estimate of drug-likeness (QED) is 0.574. The van der Waals surface area contributed by atoms with E-state index in [-0.39, 0.29) is 21.2 Å². The van der Waals surface area contributed by atoms with Gasteiger partial charge in [0.05, 0.1) is 17.0 Å². The minimum absolute atomic E-state index is 0.0913. The molecule has 6 nitrogen and oxygen atoms in total. The number of halogens is 2. The highest BCUT2D eigenvalue weighted by Gasteiger charge is 2.48. The van der Waals surface area contributed by atoms with Crippen molar-refractivity contribution in [2.24, 2.45) is 0 Å². The van der Waals surface area contributed by atoms with Crippen molar-refractivity contribution in [2.45, 2.75) is 10.9 Å². The molecule has 0 bridgehead atoms. The number of ether oxygens (including phenoxy) is 1. The number of sulfone groups is 1. The molecular weight excluding hydrogens is 457 g/mol. The Morgan fingerprint density at radius 1 is 1.03 bits per heavy atom. The minimum Gasteiger partial charge on any atom is -0.502 e. The first-order valence-corrected chi connectivity index (χ1v) is 11.3. The van der Waals surface area contributed by atoms with Crippen molar-refractivity contribution in [3.63, 3.8) is 0 Å². The third-order valence-corrected chi connectivity index (χ3v) is 7.30. The highest BCUT2D eigenvalue weighted by atomic mass is 35.5. The largest absolute Gasteiger partial charge is 0.502 e. The van der Waals surface area contributed by atoms with Crippen molar-refractivity contribution in [3.05, 3.63) is 99.9 Å². The average Bonchev–Trinajstić information content (AvgIpc) is 3.05. The molecule has 1 atom stereocenters. The van der Waals surface area contributed by atoms with E-state index in [0.717, 1.165) is 11.0 Å². The normalized spacial score (nSPS) is 16.5. The number of nitrogens with zero attached hydrogens (tertiary/aromatic N) is 1. The lowest BCUT2D eigenvalue weighted by atomic mass is 10.1. The van der Waals surface area contributed by atoms with Crippen LogP contribution in [0.4, 0.5) is 10.1 Å². The van der Waals surface area contributed by atoms with Crippen LogP contribution in [-0.2, 0) is 14.6 Å². The number of aliphatic hydroxyl groups is 1. The first kappa shape index (κ1) is 21.9. The molecule has 32 heavy (non-hydrogen) atoms. The summed E-state index contributed by atoms with van der Waals surface area (Å²) in [4.78, 5) is 13.4. The van der Waals surface area contributed by atoms with Crippen molar-refractivity contribution >= 4 is 33.0 Å². The van der Waals surface area contributed by atoms with Gasteiger partial charge in [0.15, 0.2) is 5.76 Å². The van der Waals surface area contributed by atoms with E-state index < -0.39 is 38.3 Å². The molecule has 164 valence electrons. The van der Waals surface area contributed by atoms with Gasteiger partial charge in [0.25, 0.3) is 5.91 Å². The standard InChI is InChI=1S/C23H17ClFNO5S/c1-31-19-12-11-14(13-17(19)24)26-20(16-9-5-6-10-18(16)25)22(21(27)23(26)28)32(29,30)15-7-3-2-4-8-15/h2-13,20,27H,1H3/t20-/m0/s1. The molecule has 0 aromatic heterocycles. The van der Waals surface area contributed by atoms with Crippen LogP contribution in [0.15, 0.2) is 88.4 Å². The topological polar surface area (TPSA) is 83.9 Å². The molecule has 0 radical (unpaired) electrons. The number of methoxy groups -OCH3 is 1. The predicted molar refractivity (Wildman–Crippen MR) is 118 cm³/mol. The molecule has 3 aromatic rings. The van der Waals surface area contributed by atoms with Crippen LogP contribution in [0.3, 0.4) is 0 Å². The van der Waals surface area contributed by atoms with Gasteiger partial charge in [0.1, 0.15) is 22.5 Å². The summed E-state index contributed by atoms with van der Waals surface area (Å²) in [7, 11) is -2.94. The van der Waals surface area contributed by atoms with Crippen LogP contribution in [0, 0.1) is 5.82 Å². The van der Waals surface area contributed by atoms with E-state index in [1.54, 1.807) is 6.07 Å². The number of carbonyl (C=O) groups excluding carboxylic acids is 1. The van der Waals surface area contributed by atoms with E-state index in [9.17, 15) is 22.7 Å². The van der Waals surface area contributed by atoms with Crippen LogP contribution >= 0.6 is 11.6 Å². The second kappa shape index (κ2) is 8.29. The number of rotatable bonds is 5. The van der Waals surface area contributed by atoms with Crippen molar-refractivity contribution in [3.8, 4) is 5.75 Å². The molecule has 1 aliphatic heterocycles. The molecule has 1 heterocycles. The Hall–Kier alpha value is -3.36. The minimum atomic E-state index is -4.36. The summed E-state index contributed by atoms with van der Waals surface area (Å²) >= 11 is 6.21. The lowest BCUT2D eigenvalue weighted by Crippen LogP contribution is -2.31. The zero-order valence-corrected chi connectivity index (χ0v) is 18.3. The van der Waals surface area contributed by atoms with Gasteiger partial charge < -0.3 is 9.84 Å². The lowest BCUT2D eigenvalue weighted by molar-refractivity contribution is -0.117. The number of aliphatic hydroxyl groups excluding tert-OH is 1. The molecule has 0 aliphatic carbocycles. The summed E-state index contributed by atoms with van der Waals surface area (Å²) in [5.41, 5.74) is 0.0743. The number of amides is 1. The van der Waals surface area contributed by atoms with Crippen molar-refractivity contribution < 1.29 is 27.4 Å². The fraction of sp³-hybridized carbons (Fsp3) is 0.0870. The summed E-state index contributed by atoms with van der Waals surface area (Å²) < 4.78 is 46.9. The predicted octanol–water partition coefficient (Wildman–Crippen LogP) is 4.82. The van der Waals surface area contributed by atoms with Gasteiger partial charge in [0, 0.05) is 11.3 Å². The average molecular weight is 474 g/mol. The molecule has 1 amide bonds. The van der Waals surface area contributed by atoms with Gasteiger partial charge >= 0.3 is 0 Å². The van der Waals surface area contributed by atoms with Gasteiger partial charge in [-0.3, -0.25) is 9.69 Å². The zero-order valence-electron chi connectivity index (χ0n) is 16.7. The Balaban J connectivity index is 1.96. The Labute approximate surface area is 189 Å². The zero-order chi connectivity index (χ0) is 23.0. The van der Waals surface area contributed by atoms with Crippen LogP contribution in [0.5, 0.6) is 5.75 Å². The van der Waals surface area contributed by atoms with E-state index in [0.29, 0.717) is 5.75 Å². The summed E-state index contributed by atoms with van der Waals surface area (Å²) in [6.45, 7) is 0.